The lowest BCUT2D eigenvalue weighted by Crippen LogP contribution is -2.34. The van der Waals surface area contributed by atoms with Crippen molar-refractivity contribution in [1.29, 1.82) is 0 Å². The third-order valence-electron chi connectivity index (χ3n) is 13.9. The molecule has 4 heterocycles. The van der Waals surface area contributed by atoms with Crippen LogP contribution >= 0.6 is 132 Å². The van der Waals surface area contributed by atoms with E-state index in [1.807, 2.05) is 173 Å². The maximum Gasteiger partial charge on any atom is 0.488 e. The molecule has 0 bridgehead atoms. The van der Waals surface area contributed by atoms with Gasteiger partial charge in [0.1, 0.15) is 0 Å². The first-order valence-electron chi connectivity index (χ1n) is 33.6. The lowest BCUT2D eigenvalue weighted by Gasteiger charge is -2.23. The number of halogens is 6. The van der Waals surface area contributed by atoms with Crippen molar-refractivity contribution in [2.45, 2.75) is 90.7 Å². The third-order valence-corrected chi connectivity index (χ3v) is 28.2. The topological polar surface area (TPSA) is 314 Å². The number of alkyl halides is 1. The number of nitrogens with two attached hydrogens (primary N) is 1. The van der Waals surface area contributed by atoms with Gasteiger partial charge in [0.05, 0.1) is 46.9 Å². The smallest absolute Gasteiger partial charge is 0.423 e. The standard InChI is InChI=1S/C23H28N2O4S3.C16H20BrNO2S2.C12H12BrNO2S2.C7H10BNO4S.C7H7ClO2S.C5H6BrNS.C4H9Br.ClH/c1-18(2)15-25(32(28,29)17-19-7-5-4-6-8-19)16-22-13-14-23(30-22)20-9-11-21(12-10-20)24-31(3,26)27;1-13(2)10-18(11-15-8-9-16(17)21-15)22(19,20)12-14-6-4-3-5-7-14;13-12-7-6-11(17-12)8-14-18(15,16)9-10-4-2-1-3-5-10;1-14(12,13)9-7-4-2-6(3-5-7)8(10)11;8-11(9,10)6-7-4-2-1-3-5-7;6-5-2-1-4(3-7)8-5;1-4(2)3-5;/h4-14,18,24H,15-17H2,1-3H3;3-9,13H,10-12H2,1-2H3;1-7,14H,8-9H2;2-5,9-11H,1H3;1-5H,6H2;1-2H,3,7H2;4H,3H2,1-2H3;1H. The zero-order chi connectivity index (χ0) is 81.9. The molecule has 111 heavy (non-hydrogen) atoms. The van der Waals surface area contributed by atoms with E-state index in [0.29, 0.717) is 61.7 Å². The molecule has 0 aliphatic carbocycles. The van der Waals surface area contributed by atoms with Crippen LogP contribution in [0.4, 0.5) is 11.4 Å². The van der Waals surface area contributed by atoms with Crippen molar-refractivity contribution in [2.24, 2.45) is 23.5 Å². The van der Waals surface area contributed by atoms with Crippen LogP contribution in [0.25, 0.3) is 10.4 Å². The molecule has 0 spiro atoms. The van der Waals surface area contributed by atoms with Crippen molar-refractivity contribution < 1.29 is 60.6 Å². The molecule has 0 radical (unpaired) electrons. The molecule has 20 nitrogen and oxygen atoms in total. The Bertz CT molecular complexity index is 5050. The van der Waals surface area contributed by atoms with Gasteiger partial charge in [0.2, 0.25) is 59.2 Å². The van der Waals surface area contributed by atoms with E-state index in [2.05, 4.69) is 91.7 Å². The van der Waals surface area contributed by atoms with Crippen LogP contribution in [0.3, 0.4) is 0 Å². The van der Waals surface area contributed by atoms with Crippen molar-refractivity contribution in [2.75, 3.05) is 40.4 Å². The second-order valence-corrected chi connectivity index (χ2v) is 47.0. The second kappa shape index (κ2) is 50.4. The molecule has 7 N–H and O–H groups in total. The second-order valence-electron chi connectivity index (χ2n) is 25.5. The number of hydrogen-bond acceptors (Lipinski definition) is 19. The van der Waals surface area contributed by atoms with Gasteiger partial charge in [-0.15, -0.1) is 57.8 Å². The summed E-state index contributed by atoms with van der Waals surface area (Å²) in [5.74, 6) is 1.23. The predicted molar refractivity (Wildman–Crippen MR) is 482 cm³/mol. The number of sulfonamides is 5. The first-order valence-corrected chi connectivity index (χ1v) is 51.5. The van der Waals surface area contributed by atoms with Gasteiger partial charge in [0.25, 0.3) is 0 Å². The monoisotopic (exact) mass is 2010 g/mol. The number of nitrogens with one attached hydrogen (secondary N) is 3. The van der Waals surface area contributed by atoms with Crippen molar-refractivity contribution in [1.82, 2.24) is 13.3 Å². The molecule has 0 amide bonds. The minimum atomic E-state index is -3.47. The highest BCUT2D eigenvalue weighted by Crippen LogP contribution is 2.32. The van der Waals surface area contributed by atoms with Crippen LogP contribution in [0.15, 0.2) is 230 Å². The number of benzene rings is 6. The Morgan fingerprint density at radius 2 is 0.775 bits per heavy atom. The Morgan fingerprint density at radius 3 is 1.09 bits per heavy atom. The first-order chi connectivity index (χ1) is 51.5. The zero-order valence-electron chi connectivity index (χ0n) is 62.0. The summed E-state index contributed by atoms with van der Waals surface area (Å²) < 4.78 is 155. The highest BCUT2D eigenvalue weighted by Gasteiger charge is 2.26. The predicted octanol–water partition coefficient (Wildman–Crippen LogP) is 17.3. The Morgan fingerprint density at radius 1 is 0.441 bits per heavy atom. The average Bonchev–Trinajstić information content (AvgIpc) is 1.81. The van der Waals surface area contributed by atoms with Crippen LogP contribution in [0.1, 0.15) is 83.3 Å². The van der Waals surface area contributed by atoms with Gasteiger partial charge in [-0.05, 0) is 172 Å². The molecule has 37 heteroatoms. The SMILES string of the molecule is CC(C)CBr.CC(C)CN(Cc1ccc(-c2ccc(NS(C)(=O)=O)cc2)s1)S(=O)(=O)Cc1ccccc1.CC(C)CN(Cc1ccc(Br)s1)S(=O)(=O)Cc1ccccc1.CS(=O)(=O)Nc1ccc(B(O)O)cc1.Cl.NCc1ccc(Br)s1.O=S(=O)(Cc1ccccc1)NCc1ccc(Br)s1.O=S(=O)(Cl)Cc1ccccc1. The van der Waals surface area contributed by atoms with Gasteiger partial charge >= 0.3 is 7.12 Å². The molecule has 0 fully saturated rings. The van der Waals surface area contributed by atoms with Gasteiger partial charge in [0.15, 0.2) is 0 Å². The quantitative estimate of drug-likeness (QED) is 0.0144. The number of rotatable bonds is 29. The van der Waals surface area contributed by atoms with E-state index in [9.17, 15) is 50.5 Å². The van der Waals surface area contributed by atoms with Crippen LogP contribution in [0.5, 0.6) is 0 Å². The van der Waals surface area contributed by atoms with Crippen molar-refractivity contribution in [3.05, 3.63) is 272 Å². The Balaban J connectivity index is 0.000000357. The molecule has 4 aromatic heterocycles. The van der Waals surface area contributed by atoms with Crippen LogP contribution < -0.4 is 25.4 Å². The molecular weight excluding hydrogens is 1920 g/mol. The van der Waals surface area contributed by atoms with Gasteiger partial charge in [0, 0.05) is 91.0 Å². The van der Waals surface area contributed by atoms with Crippen LogP contribution in [-0.2, 0) is 108 Å². The third kappa shape index (κ3) is 44.6. The van der Waals surface area contributed by atoms with E-state index in [0.717, 1.165) is 76.9 Å². The molecule has 0 aliphatic heterocycles. The number of anilines is 2. The summed E-state index contributed by atoms with van der Waals surface area (Å²) in [6.45, 7) is 15.2. The van der Waals surface area contributed by atoms with Gasteiger partial charge in [-0.25, -0.2) is 55.2 Å². The lowest BCUT2D eigenvalue weighted by molar-refractivity contribution is 0.363. The normalized spacial score (nSPS) is 11.5. The van der Waals surface area contributed by atoms with Crippen LogP contribution in [-0.4, -0.2) is 107 Å². The van der Waals surface area contributed by atoms with E-state index in [-0.39, 0.29) is 47.3 Å². The minimum Gasteiger partial charge on any atom is -0.423 e. The van der Waals surface area contributed by atoms with E-state index >= 15 is 0 Å². The lowest BCUT2D eigenvalue weighted by atomic mass is 9.80. The molecule has 608 valence electrons. The van der Waals surface area contributed by atoms with Gasteiger partial charge in [-0.1, -0.05) is 203 Å². The maximum atomic E-state index is 13.1. The summed E-state index contributed by atoms with van der Waals surface area (Å²) in [4.78, 5) is 5.20. The highest BCUT2D eigenvalue weighted by atomic mass is 79.9. The molecule has 0 aliphatic rings. The summed E-state index contributed by atoms with van der Waals surface area (Å²) in [6, 6.07) is 65.1. The first kappa shape index (κ1) is 101. The van der Waals surface area contributed by atoms with E-state index in [1.165, 1.54) is 51.8 Å². The Hall–Kier alpha value is -4.26. The molecule has 0 saturated heterocycles. The average molecular weight is 2010 g/mol. The van der Waals surface area contributed by atoms with Crippen molar-refractivity contribution in [3.63, 3.8) is 0 Å². The van der Waals surface area contributed by atoms with Crippen molar-refractivity contribution in [3.8, 4) is 10.4 Å². The summed E-state index contributed by atoms with van der Waals surface area (Å²) in [5.41, 5.74) is 10.6. The molecule has 0 saturated carbocycles. The maximum absolute atomic E-state index is 13.1. The fourth-order valence-electron chi connectivity index (χ4n) is 9.08. The highest BCUT2D eigenvalue weighted by molar-refractivity contribution is 9.11. The largest absolute Gasteiger partial charge is 0.488 e. The summed E-state index contributed by atoms with van der Waals surface area (Å²) in [7, 11) is -16.6. The summed E-state index contributed by atoms with van der Waals surface area (Å²) >= 11 is 19.7. The molecule has 0 atom stereocenters. The molecule has 0 unspecified atom stereocenters. The van der Waals surface area contributed by atoms with E-state index in [4.69, 9.17) is 26.5 Å². The van der Waals surface area contributed by atoms with Crippen LogP contribution in [0, 0.1) is 17.8 Å². The number of thiophene rings is 4. The van der Waals surface area contributed by atoms with Crippen LogP contribution in [0.2, 0.25) is 0 Å². The number of nitrogens with zero attached hydrogens (tertiary/aromatic N) is 2. The molecule has 6 aromatic carbocycles. The summed E-state index contributed by atoms with van der Waals surface area (Å²) in [5, 5.41) is 18.6. The van der Waals surface area contributed by atoms with Gasteiger partial charge < -0.3 is 15.8 Å². The van der Waals surface area contributed by atoms with Gasteiger partial charge in [-0.2, -0.15) is 8.61 Å². The fraction of sp³-hybridized carbons (Fsp3) is 0.297. The zero-order valence-corrected chi connectivity index (χ0v) is 78.1. The molecule has 10 aromatic rings. The van der Waals surface area contributed by atoms with Gasteiger partial charge in [-0.3, -0.25) is 9.44 Å². The Labute approximate surface area is 717 Å². The summed E-state index contributed by atoms with van der Waals surface area (Å²) in [6.07, 6.45) is 2.16. The number of hydrogen-bond donors (Lipinski definition) is 6. The van der Waals surface area contributed by atoms with Crippen molar-refractivity contribution >= 4 is 215 Å². The minimum absolute atomic E-state index is 0. The Kier molecular flexibility index (Phi) is 45.8. The molecular formula is C74H93BBr4Cl2N6O14S10. The van der Waals surface area contributed by atoms with E-state index in [1.54, 1.807) is 79.8 Å². The molecule has 10 rings (SSSR count). The van der Waals surface area contributed by atoms with E-state index < -0.39 is 66.3 Å². The fourth-order valence-corrected chi connectivity index (χ4v) is 21.2.